The van der Waals surface area contributed by atoms with Crippen LogP contribution in [0.1, 0.15) is 24.8 Å². The molecule has 0 atom stereocenters. The van der Waals surface area contributed by atoms with E-state index in [0.29, 0.717) is 11.6 Å². The molecule has 98 valence electrons. The maximum Gasteiger partial charge on any atom is 0.275 e. The second-order valence-corrected chi connectivity index (χ2v) is 4.88. The number of hydrogen-bond donors (Lipinski definition) is 1. The number of carbonyl (C=O) groups is 1. The zero-order valence-electron chi connectivity index (χ0n) is 10.8. The molecule has 4 nitrogen and oxygen atoms in total. The summed E-state index contributed by atoms with van der Waals surface area (Å²) in [6.45, 7) is 0. The first-order valence-electron chi connectivity index (χ1n) is 6.52. The lowest BCUT2D eigenvalue weighted by molar-refractivity contribution is -0.115. The summed E-state index contributed by atoms with van der Waals surface area (Å²) in [5.41, 5.74) is 1.44. The van der Waals surface area contributed by atoms with Crippen LogP contribution in [-0.4, -0.2) is 18.9 Å². The minimum Gasteiger partial charge on any atom is -0.497 e. The molecule has 1 heterocycles. The van der Waals surface area contributed by atoms with Crippen molar-refractivity contribution in [3.63, 3.8) is 0 Å². The number of amidine groups is 1. The van der Waals surface area contributed by atoms with Gasteiger partial charge in [-0.2, -0.15) is 0 Å². The summed E-state index contributed by atoms with van der Waals surface area (Å²) >= 11 is 0. The van der Waals surface area contributed by atoms with E-state index in [1.807, 2.05) is 24.3 Å². The van der Waals surface area contributed by atoms with Crippen molar-refractivity contribution < 1.29 is 9.53 Å². The van der Waals surface area contributed by atoms with Gasteiger partial charge in [-0.05, 0) is 36.6 Å². The Kier molecular flexibility index (Phi) is 3.07. The van der Waals surface area contributed by atoms with Crippen molar-refractivity contribution in [2.24, 2.45) is 10.9 Å². The molecule has 1 fully saturated rings. The van der Waals surface area contributed by atoms with Crippen molar-refractivity contribution in [2.45, 2.75) is 19.3 Å². The minimum absolute atomic E-state index is 0.0993. The maximum absolute atomic E-state index is 11.8. The van der Waals surface area contributed by atoms with Crippen molar-refractivity contribution in [3.8, 4) is 5.75 Å². The Morgan fingerprint density at radius 2 is 2.05 bits per heavy atom. The van der Waals surface area contributed by atoms with Gasteiger partial charge in [-0.1, -0.05) is 18.6 Å². The largest absolute Gasteiger partial charge is 0.497 e. The second-order valence-electron chi connectivity index (χ2n) is 4.88. The molecule has 1 N–H and O–H groups in total. The number of hydrogen-bond acceptors (Lipinski definition) is 3. The third-order valence-electron chi connectivity index (χ3n) is 3.63. The molecule has 1 saturated carbocycles. The minimum atomic E-state index is -0.0993. The smallest absolute Gasteiger partial charge is 0.275 e. The standard InChI is InChI=1S/C15H16N2O2/c1-19-12-7-5-10(6-8-12)9-13-15(18)17-14(16-13)11-3-2-4-11/h5-9,11H,2-4H2,1H3,(H,16,17,18)/b13-9+. The number of methoxy groups -OCH3 is 1. The summed E-state index contributed by atoms with van der Waals surface area (Å²) in [5, 5.41) is 2.87. The van der Waals surface area contributed by atoms with Gasteiger partial charge in [0.15, 0.2) is 0 Å². The molecule has 2 aliphatic rings. The Balaban J connectivity index is 1.81. The molecule has 1 amide bonds. The van der Waals surface area contributed by atoms with Crippen LogP contribution in [0, 0.1) is 5.92 Å². The Hall–Kier alpha value is -2.10. The van der Waals surface area contributed by atoms with Crippen LogP contribution in [0.5, 0.6) is 5.75 Å². The molecule has 1 aromatic carbocycles. The van der Waals surface area contributed by atoms with Gasteiger partial charge in [-0.15, -0.1) is 0 Å². The number of aliphatic imine (C=N–C) groups is 1. The van der Waals surface area contributed by atoms with E-state index in [2.05, 4.69) is 10.3 Å². The number of nitrogens with one attached hydrogen (secondary N) is 1. The van der Waals surface area contributed by atoms with E-state index < -0.39 is 0 Å². The summed E-state index contributed by atoms with van der Waals surface area (Å²) in [4.78, 5) is 16.3. The highest BCUT2D eigenvalue weighted by Crippen LogP contribution is 2.29. The zero-order chi connectivity index (χ0) is 13.2. The molecule has 0 radical (unpaired) electrons. The van der Waals surface area contributed by atoms with Gasteiger partial charge in [0.2, 0.25) is 0 Å². The number of benzene rings is 1. The van der Waals surface area contributed by atoms with Crippen molar-refractivity contribution in [1.82, 2.24) is 5.32 Å². The van der Waals surface area contributed by atoms with Gasteiger partial charge in [0.05, 0.1) is 7.11 Å². The Bertz CT molecular complexity index is 554. The van der Waals surface area contributed by atoms with Crippen LogP contribution in [0.3, 0.4) is 0 Å². The summed E-state index contributed by atoms with van der Waals surface area (Å²) in [7, 11) is 1.63. The van der Waals surface area contributed by atoms with E-state index in [9.17, 15) is 4.79 Å². The van der Waals surface area contributed by atoms with Crippen LogP contribution >= 0.6 is 0 Å². The van der Waals surface area contributed by atoms with Crippen LogP contribution in [0.2, 0.25) is 0 Å². The maximum atomic E-state index is 11.8. The van der Waals surface area contributed by atoms with Crippen molar-refractivity contribution in [2.75, 3.05) is 7.11 Å². The van der Waals surface area contributed by atoms with Crippen molar-refractivity contribution in [1.29, 1.82) is 0 Å². The average molecular weight is 256 g/mol. The van der Waals surface area contributed by atoms with Gasteiger partial charge >= 0.3 is 0 Å². The van der Waals surface area contributed by atoms with Crippen molar-refractivity contribution >= 4 is 17.8 Å². The molecule has 0 aromatic heterocycles. The van der Waals surface area contributed by atoms with E-state index in [0.717, 1.165) is 30.0 Å². The van der Waals surface area contributed by atoms with Crippen LogP contribution < -0.4 is 10.1 Å². The fourth-order valence-corrected chi connectivity index (χ4v) is 2.22. The molecule has 0 spiro atoms. The number of amides is 1. The highest BCUT2D eigenvalue weighted by atomic mass is 16.5. The lowest BCUT2D eigenvalue weighted by Crippen LogP contribution is -2.33. The molecule has 1 aliphatic carbocycles. The predicted molar refractivity (Wildman–Crippen MR) is 73.9 cm³/mol. The van der Waals surface area contributed by atoms with Gasteiger partial charge < -0.3 is 10.1 Å². The second kappa shape index (κ2) is 4.88. The molecule has 0 bridgehead atoms. The normalized spacial score (nSPS) is 21.0. The lowest BCUT2D eigenvalue weighted by atomic mass is 9.84. The Labute approximate surface area is 112 Å². The highest BCUT2D eigenvalue weighted by Gasteiger charge is 2.30. The quantitative estimate of drug-likeness (QED) is 0.844. The fraction of sp³-hybridized carbons (Fsp3) is 0.333. The predicted octanol–water partition coefficient (Wildman–Crippen LogP) is 2.36. The highest BCUT2D eigenvalue weighted by molar-refractivity contribution is 6.15. The molecular formula is C15H16N2O2. The third-order valence-corrected chi connectivity index (χ3v) is 3.63. The molecule has 0 unspecified atom stereocenters. The van der Waals surface area contributed by atoms with Gasteiger partial charge in [-0.25, -0.2) is 4.99 Å². The Morgan fingerprint density at radius 1 is 1.32 bits per heavy atom. The third kappa shape index (κ3) is 2.38. The van der Waals surface area contributed by atoms with Gasteiger partial charge in [-0.3, -0.25) is 4.79 Å². The number of ether oxygens (including phenoxy) is 1. The van der Waals surface area contributed by atoms with Gasteiger partial charge in [0.25, 0.3) is 5.91 Å². The molecule has 3 rings (SSSR count). The molecule has 1 aromatic rings. The first-order chi connectivity index (χ1) is 9.26. The monoisotopic (exact) mass is 256 g/mol. The van der Waals surface area contributed by atoms with Crippen LogP contribution in [0.25, 0.3) is 6.08 Å². The zero-order valence-corrected chi connectivity index (χ0v) is 10.8. The number of carbonyl (C=O) groups excluding carboxylic acids is 1. The first kappa shape index (κ1) is 12.0. The average Bonchev–Trinajstić information content (AvgIpc) is 2.69. The molecule has 4 heteroatoms. The van der Waals surface area contributed by atoms with Crippen LogP contribution in [0.4, 0.5) is 0 Å². The summed E-state index contributed by atoms with van der Waals surface area (Å²) < 4.78 is 5.10. The van der Waals surface area contributed by atoms with E-state index in [4.69, 9.17) is 4.74 Å². The molecule has 1 aliphatic heterocycles. The number of nitrogens with zero attached hydrogens (tertiary/aromatic N) is 1. The van der Waals surface area contributed by atoms with Gasteiger partial charge in [0.1, 0.15) is 17.3 Å². The SMILES string of the molecule is COc1ccc(/C=C2/N=C(C3CCC3)NC2=O)cc1. The van der Waals surface area contributed by atoms with E-state index in [1.165, 1.54) is 6.42 Å². The number of rotatable bonds is 3. The van der Waals surface area contributed by atoms with Crippen molar-refractivity contribution in [3.05, 3.63) is 35.5 Å². The van der Waals surface area contributed by atoms with E-state index in [1.54, 1.807) is 13.2 Å². The molecular weight excluding hydrogens is 240 g/mol. The van der Waals surface area contributed by atoms with E-state index >= 15 is 0 Å². The van der Waals surface area contributed by atoms with Crippen LogP contribution in [-0.2, 0) is 4.79 Å². The molecule has 19 heavy (non-hydrogen) atoms. The summed E-state index contributed by atoms with van der Waals surface area (Å²) in [5.74, 6) is 2.00. The summed E-state index contributed by atoms with van der Waals surface area (Å²) in [6, 6.07) is 7.57. The topological polar surface area (TPSA) is 50.7 Å². The fourth-order valence-electron chi connectivity index (χ4n) is 2.22. The molecule has 0 saturated heterocycles. The lowest BCUT2D eigenvalue weighted by Gasteiger charge is -2.24. The van der Waals surface area contributed by atoms with E-state index in [-0.39, 0.29) is 5.91 Å². The van der Waals surface area contributed by atoms with Crippen LogP contribution in [0.15, 0.2) is 35.0 Å². The first-order valence-corrected chi connectivity index (χ1v) is 6.52. The van der Waals surface area contributed by atoms with Gasteiger partial charge in [0, 0.05) is 5.92 Å². The summed E-state index contributed by atoms with van der Waals surface area (Å²) in [6.07, 6.45) is 5.31. The Morgan fingerprint density at radius 3 is 2.63 bits per heavy atom.